The van der Waals surface area contributed by atoms with Crippen LogP contribution in [0.1, 0.15) is 10.4 Å². The van der Waals surface area contributed by atoms with Crippen LogP contribution in [0.2, 0.25) is 10.0 Å². The van der Waals surface area contributed by atoms with E-state index < -0.39 is 24.5 Å². The van der Waals surface area contributed by atoms with E-state index in [4.69, 9.17) is 34.8 Å². The molecule has 1 amide bonds. The summed E-state index contributed by atoms with van der Waals surface area (Å²) in [7, 11) is 0. The summed E-state index contributed by atoms with van der Waals surface area (Å²) in [6.07, 6.45) is -3.51. The third-order valence-electron chi connectivity index (χ3n) is 3.13. The fourth-order valence-electron chi connectivity index (χ4n) is 1.92. The van der Waals surface area contributed by atoms with Crippen molar-refractivity contribution in [3.8, 4) is 0 Å². The smallest absolute Gasteiger partial charge is 0.346 e. The maximum absolute atomic E-state index is 12.6. The maximum atomic E-state index is 12.6. The van der Waals surface area contributed by atoms with Crippen molar-refractivity contribution in [1.29, 1.82) is 0 Å². The first-order valence-corrected chi connectivity index (χ1v) is 7.53. The average Bonchev–Trinajstić information content (AvgIpc) is 2.44. The second kappa shape index (κ2) is 7.11. The van der Waals surface area contributed by atoms with Gasteiger partial charge >= 0.3 is 6.18 Å². The van der Waals surface area contributed by atoms with E-state index in [2.05, 4.69) is 10.3 Å². The lowest BCUT2D eigenvalue weighted by Gasteiger charge is -2.20. The number of alkyl halides is 3. The molecule has 1 heterocycles. The highest BCUT2D eigenvalue weighted by molar-refractivity contribution is 6.44. The molecule has 1 aliphatic heterocycles. The Bertz CT molecular complexity index is 666. The van der Waals surface area contributed by atoms with Gasteiger partial charge in [0.05, 0.1) is 45.4 Å². The number of hydrogen-bond donors (Lipinski definition) is 1. The third-order valence-corrected chi connectivity index (χ3v) is 4.10. The van der Waals surface area contributed by atoms with Crippen molar-refractivity contribution < 1.29 is 18.0 Å². The van der Waals surface area contributed by atoms with E-state index in [-0.39, 0.29) is 32.9 Å². The van der Waals surface area contributed by atoms with Crippen LogP contribution in [0.25, 0.3) is 0 Å². The number of halogens is 6. The first-order chi connectivity index (χ1) is 10.7. The van der Waals surface area contributed by atoms with E-state index in [9.17, 15) is 18.0 Å². The molecule has 0 saturated heterocycles. The van der Waals surface area contributed by atoms with Gasteiger partial charge in [-0.25, -0.2) is 0 Å². The molecule has 0 radical (unpaired) electrons. The maximum Gasteiger partial charge on any atom is 0.396 e. The second-order valence-corrected chi connectivity index (χ2v) is 5.95. The van der Waals surface area contributed by atoms with Crippen molar-refractivity contribution in [3.63, 3.8) is 0 Å². The van der Waals surface area contributed by atoms with Crippen LogP contribution in [-0.4, -0.2) is 30.9 Å². The van der Waals surface area contributed by atoms with E-state index in [1.165, 1.54) is 12.1 Å². The van der Waals surface area contributed by atoms with Crippen LogP contribution in [0.4, 0.5) is 13.2 Å². The van der Waals surface area contributed by atoms with Crippen LogP contribution in [0, 0.1) is 5.92 Å². The summed E-state index contributed by atoms with van der Waals surface area (Å²) in [5.74, 6) is -2.28. The fourth-order valence-corrected chi connectivity index (χ4v) is 2.76. The average molecular weight is 386 g/mol. The molecule has 2 rings (SSSR count). The van der Waals surface area contributed by atoms with Gasteiger partial charge < -0.3 is 5.32 Å². The zero-order valence-electron chi connectivity index (χ0n) is 11.4. The molecule has 0 aromatic heterocycles. The van der Waals surface area contributed by atoms with Crippen LogP contribution in [-0.2, 0) is 0 Å². The monoisotopic (exact) mass is 384 g/mol. The van der Waals surface area contributed by atoms with Crippen molar-refractivity contribution >= 4 is 46.4 Å². The molecule has 0 bridgehead atoms. The highest BCUT2D eigenvalue weighted by atomic mass is 35.5. The van der Waals surface area contributed by atoms with Gasteiger partial charge in [-0.3, -0.25) is 9.79 Å². The number of dihydropyridines is 1. The molecule has 9 heteroatoms. The van der Waals surface area contributed by atoms with Gasteiger partial charge in [0.2, 0.25) is 0 Å². The molecule has 1 atom stereocenters. The molecule has 1 aliphatic rings. The molecule has 0 fully saturated rings. The van der Waals surface area contributed by atoms with Gasteiger partial charge in [-0.1, -0.05) is 46.9 Å². The Labute approximate surface area is 145 Å². The van der Waals surface area contributed by atoms with Gasteiger partial charge in [0.15, 0.2) is 0 Å². The van der Waals surface area contributed by atoms with Crippen molar-refractivity contribution in [1.82, 2.24) is 5.32 Å². The van der Waals surface area contributed by atoms with Gasteiger partial charge in [0.1, 0.15) is 0 Å². The first-order valence-electron chi connectivity index (χ1n) is 6.40. The Kier molecular flexibility index (Phi) is 5.60. The summed E-state index contributed by atoms with van der Waals surface area (Å²) in [6, 6.07) is 4.59. The summed E-state index contributed by atoms with van der Waals surface area (Å²) >= 11 is 17.6. The van der Waals surface area contributed by atoms with E-state index in [0.29, 0.717) is 0 Å². The number of nitrogens with one attached hydrogen (secondary N) is 1. The predicted octanol–water partition coefficient (Wildman–Crippen LogP) is 4.48. The summed E-state index contributed by atoms with van der Waals surface area (Å²) in [5.41, 5.74) is 0.254. The number of carbonyl (C=O) groups is 1. The molecular formula is C14H10Cl3F3N2O. The number of nitrogens with zero attached hydrogens (tertiary/aromatic N) is 1. The molecule has 0 spiro atoms. The number of aliphatic imine (C=N–C) groups is 1. The van der Waals surface area contributed by atoms with Crippen molar-refractivity contribution in [2.45, 2.75) is 6.18 Å². The topological polar surface area (TPSA) is 41.5 Å². The molecule has 124 valence electrons. The minimum absolute atomic E-state index is 0.0838. The summed E-state index contributed by atoms with van der Waals surface area (Å²) < 4.78 is 37.8. The number of benzene rings is 1. The van der Waals surface area contributed by atoms with Gasteiger partial charge in [0, 0.05) is 0 Å². The molecule has 1 N–H and O–H groups in total. The van der Waals surface area contributed by atoms with Gasteiger partial charge in [-0.05, 0) is 12.1 Å². The Morgan fingerprint density at radius 1 is 1.26 bits per heavy atom. The second-order valence-electron chi connectivity index (χ2n) is 4.73. The quantitative estimate of drug-likeness (QED) is 0.819. The normalized spacial score (nSPS) is 18.3. The first kappa shape index (κ1) is 18.1. The SMILES string of the molecule is O=C(NCC1=NCC(C(F)(F)F)C=C1Cl)c1c(Cl)cccc1Cl. The third kappa shape index (κ3) is 4.40. The number of rotatable bonds is 3. The number of amides is 1. The molecule has 3 nitrogen and oxygen atoms in total. The van der Waals surface area contributed by atoms with Crippen LogP contribution < -0.4 is 5.32 Å². The molecule has 1 aromatic carbocycles. The molecular weight excluding hydrogens is 376 g/mol. The lowest BCUT2D eigenvalue weighted by molar-refractivity contribution is -0.158. The van der Waals surface area contributed by atoms with Crippen molar-refractivity contribution in [3.05, 3.63) is 44.9 Å². The van der Waals surface area contributed by atoms with Crippen molar-refractivity contribution in [2.75, 3.05) is 13.1 Å². The van der Waals surface area contributed by atoms with E-state index in [1.807, 2.05) is 0 Å². The zero-order valence-corrected chi connectivity index (χ0v) is 13.7. The van der Waals surface area contributed by atoms with E-state index in [1.54, 1.807) is 6.07 Å². The Morgan fingerprint density at radius 3 is 2.39 bits per heavy atom. The standard InChI is InChI=1S/C14H10Cl3F3N2O/c15-8-2-1-3-9(16)12(8)13(23)22-6-11-10(17)4-7(5-21-11)14(18,19)20/h1-4,7H,5-6H2,(H,22,23). The lowest BCUT2D eigenvalue weighted by atomic mass is 10.1. The largest absolute Gasteiger partial charge is 0.396 e. The van der Waals surface area contributed by atoms with Gasteiger partial charge in [-0.15, -0.1) is 0 Å². The minimum atomic E-state index is -4.40. The van der Waals surface area contributed by atoms with Crippen molar-refractivity contribution in [2.24, 2.45) is 10.9 Å². The number of hydrogen-bond acceptors (Lipinski definition) is 2. The van der Waals surface area contributed by atoms with Crippen LogP contribution >= 0.6 is 34.8 Å². The highest BCUT2D eigenvalue weighted by Gasteiger charge is 2.39. The van der Waals surface area contributed by atoms with Gasteiger partial charge in [-0.2, -0.15) is 13.2 Å². The summed E-state index contributed by atoms with van der Waals surface area (Å²) in [5, 5.41) is 2.69. The zero-order chi connectivity index (χ0) is 17.2. The van der Waals surface area contributed by atoms with Crippen LogP contribution in [0.5, 0.6) is 0 Å². The fraction of sp³-hybridized carbons (Fsp3) is 0.286. The lowest BCUT2D eigenvalue weighted by Crippen LogP contribution is -2.34. The minimum Gasteiger partial charge on any atom is -0.346 e. The van der Waals surface area contributed by atoms with E-state index in [0.717, 1.165) is 6.08 Å². The molecule has 1 unspecified atom stereocenters. The Morgan fingerprint density at radius 2 is 1.87 bits per heavy atom. The van der Waals surface area contributed by atoms with Crippen LogP contribution in [0.3, 0.4) is 0 Å². The van der Waals surface area contributed by atoms with Crippen LogP contribution in [0.15, 0.2) is 34.3 Å². The predicted molar refractivity (Wildman–Crippen MR) is 84.6 cm³/mol. The molecule has 0 saturated carbocycles. The Balaban J connectivity index is 2.04. The molecule has 23 heavy (non-hydrogen) atoms. The summed E-state index contributed by atoms with van der Waals surface area (Å²) in [6.45, 7) is -0.585. The Hall–Kier alpha value is -1.24. The van der Waals surface area contributed by atoms with E-state index >= 15 is 0 Å². The molecule has 1 aromatic rings. The number of carbonyl (C=O) groups excluding carboxylic acids is 1. The van der Waals surface area contributed by atoms with Gasteiger partial charge in [0.25, 0.3) is 5.91 Å². The molecule has 0 aliphatic carbocycles. The highest BCUT2D eigenvalue weighted by Crippen LogP contribution is 2.31. The summed E-state index contributed by atoms with van der Waals surface area (Å²) in [4.78, 5) is 15.9.